The van der Waals surface area contributed by atoms with Crippen molar-refractivity contribution in [2.45, 2.75) is 148 Å². The number of nitrogens with two attached hydrogens (primary N) is 1. The summed E-state index contributed by atoms with van der Waals surface area (Å²) in [6.45, 7) is 9.51. The molecule has 9 amide bonds. The fourth-order valence-electron chi connectivity index (χ4n) is 23.2. The summed E-state index contributed by atoms with van der Waals surface area (Å²) in [7, 11) is 8.32. The maximum Gasteiger partial charge on any atom is 0.416 e. The Morgan fingerprint density at radius 2 is 0.697 bits per heavy atom. The van der Waals surface area contributed by atoms with E-state index in [1.807, 2.05) is 219 Å². The molecule has 0 spiro atoms. The molecule has 40 heteroatoms. The van der Waals surface area contributed by atoms with Crippen LogP contribution in [0.15, 0.2) is 239 Å². The van der Waals surface area contributed by atoms with E-state index in [1.54, 1.807) is 36.6 Å². The van der Waals surface area contributed by atoms with Crippen molar-refractivity contribution in [1.29, 1.82) is 0 Å². The highest BCUT2D eigenvalue weighted by Crippen LogP contribution is 2.62. The van der Waals surface area contributed by atoms with Crippen molar-refractivity contribution in [1.82, 2.24) is 29.4 Å². The minimum absolute atomic E-state index is 0.0716. The van der Waals surface area contributed by atoms with E-state index >= 15 is 0 Å². The van der Waals surface area contributed by atoms with E-state index in [4.69, 9.17) is 68.9 Å². The number of benzene rings is 9. The minimum atomic E-state index is -3.60. The number of ether oxygens (including phenoxy) is 9. The van der Waals surface area contributed by atoms with Crippen LogP contribution in [0.1, 0.15) is 109 Å². The first-order valence-corrected chi connectivity index (χ1v) is 49.2. The Bertz CT molecular complexity index is 6620. The van der Waals surface area contributed by atoms with Gasteiger partial charge in [-0.1, -0.05) is 219 Å². The standard InChI is InChI=1S/C34H36N6O6.C33H34N6O6.C20H19BrN2O4.C15H22N4O4S/c1-33-17-19-38(30(41)44-3)28(33)37(2)27-24(33)14-10-15-25(27)35-36-34-18-20-39(31(42)45-4)29(34)40(26-16-9-8-13-23(26)34)32(43)46-21-22-11-6-5-7-12-22;1-32-16-18-37(29(40)43-2)27(32)34-26-23(32)13-9-14-24(26)35-36-33-17-19-38(30(41)44-3)28(33)39(25-15-8-7-12-22(25)33)31(42)45-20-21-10-5-4-6-11-21;1-26-18(24)22-12-11-20(21)15-9-5-6-10-16(15)23(17(20)22)19(25)27-13-14-7-3-2-4-8-14;1-15-8-9-18(14(20)23-3)13(15)17(2)12-10(15)6-5-7-11(12)19(16)24(4,21)22/h5-16,28-29H,17-21H2,1-4H3;4-15,27-28,34H,16-20H2,1-3H3;2-10,17H,11-13H2,1H3;5-7,13H,8-9,16H2,1-4H3/t28?,29?,33-,34+;27?,28?,32-,33+;17?,20-;13?,15-/m1101/s1. The molecule has 38 nitrogen and oxygen atoms in total. The molecule has 21 rings (SSSR count). The van der Waals surface area contributed by atoms with E-state index in [2.05, 4.69) is 53.0 Å². The number of hydrogen-bond donors (Lipinski definition) is 2. The first-order valence-electron chi connectivity index (χ1n) is 46.5. The van der Waals surface area contributed by atoms with Crippen molar-refractivity contribution in [3.05, 3.63) is 268 Å². The average Bonchev–Trinajstić information content (AvgIpc) is 1.53. The Morgan fingerprint density at radius 1 is 0.373 bits per heavy atom. The molecule has 6 saturated heterocycles. The van der Waals surface area contributed by atoms with Crippen LogP contribution < -0.4 is 40.1 Å². The number of halogens is 1. The number of likely N-dealkylation sites (N-methyl/N-ethyl adjacent to an activating group) is 2. The number of rotatable bonds is 12. The maximum absolute atomic E-state index is 13.9. The van der Waals surface area contributed by atoms with Gasteiger partial charge in [0.05, 0.1) is 93.1 Å². The molecule has 0 bridgehead atoms. The van der Waals surface area contributed by atoms with Crippen LogP contribution in [0.2, 0.25) is 0 Å². The highest BCUT2D eigenvalue weighted by molar-refractivity contribution is 9.09. The third kappa shape index (κ3) is 16.2. The van der Waals surface area contributed by atoms with Crippen molar-refractivity contribution < 1.29 is 94.2 Å². The van der Waals surface area contributed by atoms with E-state index in [-0.39, 0.29) is 66.7 Å². The van der Waals surface area contributed by atoms with E-state index in [9.17, 15) is 51.6 Å². The molecule has 742 valence electrons. The Balaban J connectivity index is 0.000000130. The van der Waals surface area contributed by atoms with Gasteiger partial charge in [0.1, 0.15) is 79.3 Å². The van der Waals surface area contributed by atoms with Crippen LogP contribution in [0.5, 0.6) is 0 Å². The fourth-order valence-corrected chi connectivity index (χ4v) is 24.7. The summed E-state index contributed by atoms with van der Waals surface area (Å²) in [5.74, 6) is 5.83. The quantitative estimate of drug-likeness (QED) is 0.0377. The fraction of sp³-hybridized carbons (Fsp3) is 0.382. The topological polar surface area (TPSA) is 397 Å². The summed E-state index contributed by atoms with van der Waals surface area (Å²) < 4.78 is 71.4. The molecule has 3 N–H and O–H groups in total. The third-order valence-corrected chi connectivity index (χ3v) is 31.9. The number of nitrogens with zero attached hydrogens (tertiary/aromatic N) is 16. The van der Waals surface area contributed by atoms with Crippen LogP contribution in [0, 0.1) is 0 Å². The van der Waals surface area contributed by atoms with E-state index in [0.29, 0.717) is 87.0 Å². The average molecular weight is 2020 g/mol. The molecular weight excluding hydrogens is 1910 g/mol. The van der Waals surface area contributed by atoms with Gasteiger partial charge in [-0.15, -0.1) is 0 Å². The van der Waals surface area contributed by atoms with Crippen molar-refractivity contribution in [3.8, 4) is 0 Å². The van der Waals surface area contributed by atoms with Gasteiger partial charge in [-0.2, -0.15) is 20.5 Å². The van der Waals surface area contributed by atoms with Gasteiger partial charge < -0.3 is 57.7 Å². The van der Waals surface area contributed by atoms with Crippen LogP contribution >= 0.6 is 15.9 Å². The molecule has 12 atom stereocenters. The molecule has 6 fully saturated rings. The second-order valence-electron chi connectivity index (χ2n) is 37.4. The van der Waals surface area contributed by atoms with Crippen molar-refractivity contribution in [2.75, 3.05) is 137 Å². The van der Waals surface area contributed by atoms with E-state index < -0.39 is 86.6 Å². The van der Waals surface area contributed by atoms with Crippen LogP contribution in [0.4, 0.5) is 94.3 Å². The van der Waals surface area contributed by atoms with Gasteiger partial charge in [0.2, 0.25) is 10.0 Å². The van der Waals surface area contributed by atoms with Crippen molar-refractivity contribution in [3.63, 3.8) is 0 Å². The second kappa shape index (κ2) is 38.3. The number of hydrazine groups is 1. The summed E-state index contributed by atoms with van der Waals surface area (Å²) in [6.07, 6.45) is -2.59. The van der Waals surface area contributed by atoms with Gasteiger partial charge in [0, 0.05) is 93.6 Å². The van der Waals surface area contributed by atoms with Gasteiger partial charge in [-0.3, -0.25) is 44.1 Å². The maximum atomic E-state index is 13.9. The Hall–Kier alpha value is -14.8. The number of azo groups is 2. The number of nitrogens with one attached hydrogen (secondary N) is 1. The van der Waals surface area contributed by atoms with Gasteiger partial charge in [-0.05, 0) is 101 Å². The molecule has 142 heavy (non-hydrogen) atoms. The molecule has 12 heterocycles. The Kier molecular flexibility index (Phi) is 26.3. The minimum Gasteiger partial charge on any atom is -0.453 e. The van der Waals surface area contributed by atoms with E-state index in [1.165, 1.54) is 62.3 Å². The number of methoxy groups -OCH3 is 6. The molecule has 0 radical (unpaired) electrons. The summed E-state index contributed by atoms with van der Waals surface area (Å²) in [5.41, 5.74) is 11.1. The van der Waals surface area contributed by atoms with Crippen LogP contribution in [0.3, 0.4) is 0 Å². The lowest BCUT2D eigenvalue weighted by atomic mass is 9.81. The molecular formula is C102H111BrN18O20S. The summed E-state index contributed by atoms with van der Waals surface area (Å²) in [4.78, 5) is 135. The first kappa shape index (κ1) is 97.4. The molecule has 6 unspecified atom stereocenters. The number of fused-ring (bicyclic) bond motifs is 18. The zero-order valence-corrected chi connectivity index (χ0v) is 82.9. The molecule has 0 aliphatic carbocycles. The third-order valence-electron chi connectivity index (χ3n) is 29.8. The largest absolute Gasteiger partial charge is 0.453 e. The molecule has 9 aromatic carbocycles. The number of carbonyl (C=O) groups is 9. The molecule has 9 aromatic rings. The monoisotopic (exact) mass is 2020 g/mol. The first-order chi connectivity index (χ1) is 68.2. The zero-order valence-electron chi connectivity index (χ0n) is 80.5. The molecule has 12 aliphatic heterocycles. The number of likely N-dealkylation sites (tertiary alicyclic amines) is 6. The lowest BCUT2D eigenvalue weighted by molar-refractivity contribution is 0.103. The summed E-state index contributed by atoms with van der Waals surface area (Å²) in [5, 5.41) is 23.3. The lowest BCUT2D eigenvalue weighted by Crippen LogP contribution is -2.53. The van der Waals surface area contributed by atoms with Gasteiger partial charge >= 0.3 is 54.8 Å². The van der Waals surface area contributed by atoms with Crippen LogP contribution in [0.25, 0.3) is 0 Å². The smallest absolute Gasteiger partial charge is 0.416 e. The molecule has 0 saturated carbocycles. The summed E-state index contributed by atoms with van der Waals surface area (Å²) >= 11 is 3.82. The van der Waals surface area contributed by atoms with Crippen LogP contribution in [-0.2, 0) is 104 Å². The van der Waals surface area contributed by atoms with Gasteiger partial charge in [-0.25, -0.2) is 61.8 Å². The number of sulfonamides is 1. The Labute approximate surface area is 829 Å². The zero-order chi connectivity index (χ0) is 100. The number of carbonyl (C=O) groups excluding carboxylic acids is 9. The van der Waals surface area contributed by atoms with Crippen LogP contribution in [-0.4, -0.2) is 232 Å². The normalized spacial score (nSPS) is 25.2. The number of alkyl halides is 1. The number of para-hydroxylation sites is 6. The van der Waals surface area contributed by atoms with Gasteiger partial charge in [0.15, 0.2) is 0 Å². The SMILES string of the molecule is COC(=O)N1CC[C@]2(Br)c3ccccc3N(C(=O)OCc3ccccc3)C12.COC(=O)N1CC[C@]2(C)c3cccc(N(N)S(C)(=O)=O)c3N(C)C12.COC(=O)N1CC[C@]2(N=Nc3cccc4c3N(C)C3N(C(=O)OC)CC[C@]43C)c3ccccc3N(C(=O)OCc3ccccc3)C12.COC(=O)N1CC[C@]2(N=Nc3cccc4c3NC3N(C(=O)OC)CC[C@]43C)c3ccccc3N(C(=O)OCc3ccccc3)C12. The Morgan fingerprint density at radius 3 is 1.14 bits per heavy atom. The lowest BCUT2D eigenvalue weighted by Gasteiger charge is -2.34. The predicted octanol–water partition coefficient (Wildman–Crippen LogP) is 17.3. The predicted molar refractivity (Wildman–Crippen MR) is 528 cm³/mol. The molecule has 12 aliphatic rings. The highest BCUT2D eigenvalue weighted by Gasteiger charge is 2.67. The number of amides is 9. The second-order valence-corrected chi connectivity index (χ2v) is 40.6. The number of anilines is 7. The van der Waals surface area contributed by atoms with E-state index in [0.717, 1.165) is 103 Å². The molecule has 0 aromatic heterocycles. The van der Waals surface area contributed by atoms with Crippen molar-refractivity contribution in [2.24, 2.45) is 26.3 Å². The van der Waals surface area contributed by atoms with Crippen molar-refractivity contribution >= 4 is 132 Å². The highest BCUT2D eigenvalue weighted by atomic mass is 79.9. The number of hydrogen-bond acceptors (Lipinski definition) is 28. The van der Waals surface area contributed by atoms with Gasteiger partial charge in [0.25, 0.3) is 0 Å². The summed E-state index contributed by atoms with van der Waals surface area (Å²) in [6, 6.07) is 68.2.